The predicted molar refractivity (Wildman–Crippen MR) is 111 cm³/mol. The van der Waals surface area contributed by atoms with Crippen molar-refractivity contribution >= 4 is 23.0 Å². The Hall–Kier alpha value is -3.09. The number of aromatic nitrogens is 2. The van der Waals surface area contributed by atoms with Crippen LogP contribution in [0.3, 0.4) is 0 Å². The van der Waals surface area contributed by atoms with Crippen LogP contribution < -0.4 is 15.0 Å². The van der Waals surface area contributed by atoms with Crippen LogP contribution in [-0.4, -0.2) is 36.1 Å². The fourth-order valence-electron chi connectivity index (χ4n) is 3.78. The summed E-state index contributed by atoms with van der Waals surface area (Å²) in [5, 5.41) is 2.99. The molecule has 7 heteroatoms. The average Bonchev–Trinajstić information content (AvgIpc) is 3.16. The van der Waals surface area contributed by atoms with Crippen molar-refractivity contribution in [2.45, 2.75) is 32.7 Å². The van der Waals surface area contributed by atoms with Crippen molar-refractivity contribution in [3.63, 3.8) is 0 Å². The molecule has 3 heterocycles. The summed E-state index contributed by atoms with van der Waals surface area (Å²) in [6, 6.07) is 12.1. The SMILES string of the molecule is COc1ccc2oc(N3CCCC(CC(=O)NCc4cccc(C)n4)C3)nc2c1. The van der Waals surface area contributed by atoms with Crippen molar-refractivity contribution in [3.8, 4) is 5.75 Å². The number of benzene rings is 1. The molecule has 1 atom stereocenters. The summed E-state index contributed by atoms with van der Waals surface area (Å²) in [5.74, 6) is 1.09. The highest BCUT2D eigenvalue weighted by molar-refractivity contribution is 5.77. The van der Waals surface area contributed by atoms with E-state index in [1.165, 1.54) is 0 Å². The molecule has 0 spiro atoms. The van der Waals surface area contributed by atoms with Crippen molar-refractivity contribution in [2.75, 3.05) is 25.1 Å². The Labute approximate surface area is 170 Å². The Bertz CT molecular complexity index is 1000. The number of methoxy groups -OCH3 is 1. The lowest BCUT2D eigenvalue weighted by Gasteiger charge is -2.31. The molecule has 2 aromatic heterocycles. The first-order chi connectivity index (χ1) is 14.1. The molecule has 29 heavy (non-hydrogen) atoms. The molecule has 152 valence electrons. The molecular weight excluding hydrogens is 368 g/mol. The second-order valence-corrected chi connectivity index (χ2v) is 7.54. The maximum atomic E-state index is 12.4. The van der Waals surface area contributed by atoms with Gasteiger partial charge in [-0.25, -0.2) is 0 Å². The fraction of sp³-hybridized carbons (Fsp3) is 0.409. The number of aryl methyl sites for hydroxylation is 1. The van der Waals surface area contributed by atoms with Crippen LogP contribution in [0.4, 0.5) is 6.01 Å². The first-order valence-electron chi connectivity index (χ1n) is 9.99. The van der Waals surface area contributed by atoms with E-state index in [4.69, 9.17) is 9.15 Å². The number of rotatable bonds is 6. The zero-order valence-electron chi connectivity index (χ0n) is 16.9. The Kier molecular flexibility index (Phi) is 5.64. The second-order valence-electron chi connectivity index (χ2n) is 7.54. The maximum Gasteiger partial charge on any atom is 0.298 e. The van der Waals surface area contributed by atoms with E-state index in [0.29, 0.717) is 19.0 Å². The number of hydrogen-bond acceptors (Lipinski definition) is 6. The molecule has 1 aromatic carbocycles. The van der Waals surface area contributed by atoms with Gasteiger partial charge in [-0.2, -0.15) is 4.98 Å². The Morgan fingerprint density at radius 3 is 3.03 bits per heavy atom. The van der Waals surface area contributed by atoms with Crippen molar-refractivity contribution in [2.24, 2.45) is 5.92 Å². The molecule has 1 aliphatic heterocycles. The number of pyridine rings is 1. The van der Waals surface area contributed by atoms with Gasteiger partial charge in [0.1, 0.15) is 11.3 Å². The lowest BCUT2D eigenvalue weighted by Crippen LogP contribution is -2.38. The summed E-state index contributed by atoms with van der Waals surface area (Å²) in [4.78, 5) is 23.6. The lowest BCUT2D eigenvalue weighted by molar-refractivity contribution is -0.122. The largest absolute Gasteiger partial charge is 0.497 e. The van der Waals surface area contributed by atoms with Gasteiger partial charge in [0, 0.05) is 31.3 Å². The molecule has 1 saturated heterocycles. The van der Waals surface area contributed by atoms with Gasteiger partial charge in [-0.15, -0.1) is 0 Å². The number of hydrogen-bond donors (Lipinski definition) is 1. The number of amides is 1. The molecule has 0 saturated carbocycles. The molecule has 7 nitrogen and oxygen atoms in total. The van der Waals surface area contributed by atoms with Gasteiger partial charge in [0.05, 0.1) is 19.3 Å². The number of carbonyl (C=O) groups is 1. The van der Waals surface area contributed by atoms with Crippen LogP contribution in [0, 0.1) is 12.8 Å². The van der Waals surface area contributed by atoms with E-state index in [1.807, 2.05) is 43.3 Å². The summed E-state index contributed by atoms with van der Waals surface area (Å²) in [5.41, 5.74) is 3.36. The summed E-state index contributed by atoms with van der Waals surface area (Å²) < 4.78 is 11.2. The number of anilines is 1. The van der Waals surface area contributed by atoms with Crippen molar-refractivity contribution in [1.82, 2.24) is 15.3 Å². The molecule has 1 fully saturated rings. The molecule has 0 radical (unpaired) electrons. The molecule has 3 aromatic rings. The zero-order valence-corrected chi connectivity index (χ0v) is 16.9. The van der Waals surface area contributed by atoms with Gasteiger partial charge >= 0.3 is 0 Å². The minimum atomic E-state index is 0.0578. The number of nitrogens with one attached hydrogen (secondary N) is 1. The smallest absolute Gasteiger partial charge is 0.298 e. The zero-order chi connectivity index (χ0) is 20.2. The predicted octanol–water partition coefficient (Wildman–Crippen LogP) is 3.46. The molecular formula is C22H26N4O3. The number of nitrogens with zero attached hydrogens (tertiary/aromatic N) is 3. The summed E-state index contributed by atoms with van der Waals surface area (Å²) >= 11 is 0. The van der Waals surface area contributed by atoms with E-state index >= 15 is 0 Å². The molecule has 1 aliphatic rings. The standard InChI is InChI=1S/C22H26N4O3/c1-15-5-3-7-17(24-15)13-23-21(27)11-16-6-4-10-26(14-16)22-25-19-12-18(28-2)8-9-20(19)29-22/h3,5,7-9,12,16H,4,6,10-11,13-14H2,1-2H3,(H,23,27). The van der Waals surface area contributed by atoms with Gasteiger partial charge in [-0.1, -0.05) is 6.07 Å². The van der Waals surface area contributed by atoms with Crippen LogP contribution in [0.2, 0.25) is 0 Å². The van der Waals surface area contributed by atoms with Crippen LogP contribution in [0.25, 0.3) is 11.1 Å². The van der Waals surface area contributed by atoms with Crippen molar-refractivity contribution in [1.29, 1.82) is 0 Å². The van der Waals surface area contributed by atoms with Gasteiger partial charge in [0.15, 0.2) is 5.58 Å². The highest BCUT2D eigenvalue weighted by Gasteiger charge is 2.25. The van der Waals surface area contributed by atoms with Gasteiger partial charge in [-0.05, 0) is 49.9 Å². The third-order valence-electron chi connectivity index (χ3n) is 5.26. The van der Waals surface area contributed by atoms with Crippen LogP contribution >= 0.6 is 0 Å². The molecule has 4 rings (SSSR count). The van der Waals surface area contributed by atoms with Gasteiger partial charge in [0.2, 0.25) is 5.91 Å². The molecule has 1 unspecified atom stereocenters. The van der Waals surface area contributed by atoms with Crippen molar-refractivity contribution < 1.29 is 13.9 Å². The van der Waals surface area contributed by atoms with E-state index in [0.717, 1.165) is 54.2 Å². The normalized spacial score (nSPS) is 16.8. The lowest BCUT2D eigenvalue weighted by atomic mass is 9.94. The number of fused-ring (bicyclic) bond motifs is 1. The average molecular weight is 394 g/mol. The number of oxazole rings is 1. The summed E-state index contributed by atoms with van der Waals surface area (Å²) in [6.07, 6.45) is 2.54. The first-order valence-corrected chi connectivity index (χ1v) is 9.99. The van der Waals surface area contributed by atoms with Crippen LogP contribution in [0.5, 0.6) is 5.75 Å². The van der Waals surface area contributed by atoms with Gasteiger partial charge in [-0.3, -0.25) is 9.78 Å². The highest BCUT2D eigenvalue weighted by atomic mass is 16.5. The van der Waals surface area contributed by atoms with Crippen molar-refractivity contribution in [3.05, 3.63) is 47.8 Å². The maximum absolute atomic E-state index is 12.4. The highest BCUT2D eigenvalue weighted by Crippen LogP contribution is 2.29. The number of piperidine rings is 1. The van der Waals surface area contributed by atoms with Crippen LogP contribution in [0.1, 0.15) is 30.7 Å². The topological polar surface area (TPSA) is 80.5 Å². The third kappa shape index (κ3) is 4.67. The molecule has 0 aliphatic carbocycles. The Morgan fingerprint density at radius 1 is 1.31 bits per heavy atom. The minimum absolute atomic E-state index is 0.0578. The molecule has 0 bridgehead atoms. The van der Waals surface area contributed by atoms with E-state index < -0.39 is 0 Å². The third-order valence-corrected chi connectivity index (χ3v) is 5.26. The van der Waals surface area contributed by atoms with Gasteiger partial charge in [0.25, 0.3) is 6.01 Å². The first kappa shape index (κ1) is 19.2. The van der Waals surface area contributed by atoms with Crippen LogP contribution in [-0.2, 0) is 11.3 Å². The Balaban J connectivity index is 1.35. The van der Waals surface area contributed by atoms with E-state index in [9.17, 15) is 4.79 Å². The molecule has 1 N–H and O–H groups in total. The second kappa shape index (κ2) is 8.51. The van der Waals surface area contributed by atoms with E-state index in [2.05, 4.69) is 20.2 Å². The molecule has 1 amide bonds. The van der Waals surface area contributed by atoms with Crippen LogP contribution in [0.15, 0.2) is 40.8 Å². The fourth-order valence-corrected chi connectivity index (χ4v) is 3.78. The Morgan fingerprint density at radius 2 is 2.21 bits per heavy atom. The van der Waals surface area contributed by atoms with Gasteiger partial charge < -0.3 is 19.4 Å². The van der Waals surface area contributed by atoms with E-state index in [-0.39, 0.29) is 11.8 Å². The quantitative estimate of drug-likeness (QED) is 0.690. The summed E-state index contributed by atoms with van der Waals surface area (Å²) in [6.45, 7) is 4.06. The minimum Gasteiger partial charge on any atom is -0.497 e. The number of ether oxygens (including phenoxy) is 1. The monoisotopic (exact) mass is 394 g/mol. The van der Waals surface area contributed by atoms with E-state index in [1.54, 1.807) is 7.11 Å². The summed E-state index contributed by atoms with van der Waals surface area (Å²) in [7, 11) is 1.64. The number of carbonyl (C=O) groups excluding carboxylic acids is 1.